The highest BCUT2D eigenvalue weighted by molar-refractivity contribution is 7.15. The van der Waals surface area contributed by atoms with Gasteiger partial charge in [-0.1, -0.05) is 42.5 Å². The van der Waals surface area contributed by atoms with Crippen molar-refractivity contribution < 1.29 is 9.50 Å². The number of aryl methyl sites for hydroxylation is 1. The van der Waals surface area contributed by atoms with Gasteiger partial charge >= 0.3 is 0 Å². The minimum Gasteiger partial charge on any atom is -0.381 e. The Balaban J connectivity index is 1.96. The molecule has 21 heavy (non-hydrogen) atoms. The van der Waals surface area contributed by atoms with Gasteiger partial charge in [-0.05, 0) is 30.2 Å². The standard InChI is InChI=1S/C17H14FNOS/c1-11-16(13-7-9-14(18)10-8-13)21-17(19-11)15(20)12-5-3-2-4-6-12/h2-10,15,20H,1H3. The van der Waals surface area contributed by atoms with Crippen molar-refractivity contribution in [3.8, 4) is 10.4 Å². The first-order valence-electron chi connectivity index (χ1n) is 6.61. The molecule has 0 aliphatic carbocycles. The molecule has 4 heteroatoms. The highest BCUT2D eigenvalue weighted by atomic mass is 32.1. The lowest BCUT2D eigenvalue weighted by Crippen LogP contribution is -1.98. The molecule has 0 fully saturated rings. The maximum Gasteiger partial charge on any atom is 0.131 e. The number of hydrogen-bond donors (Lipinski definition) is 1. The van der Waals surface area contributed by atoms with Crippen LogP contribution >= 0.6 is 11.3 Å². The average molecular weight is 299 g/mol. The number of rotatable bonds is 3. The van der Waals surface area contributed by atoms with E-state index in [2.05, 4.69) is 4.98 Å². The molecular weight excluding hydrogens is 285 g/mol. The third kappa shape index (κ3) is 2.86. The molecule has 1 heterocycles. The Kier molecular flexibility index (Phi) is 3.82. The molecule has 1 atom stereocenters. The maximum atomic E-state index is 13.0. The number of halogens is 1. The van der Waals surface area contributed by atoms with Gasteiger partial charge in [0.15, 0.2) is 0 Å². The van der Waals surface area contributed by atoms with E-state index in [0.29, 0.717) is 5.01 Å². The Bertz CT molecular complexity index is 737. The van der Waals surface area contributed by atoms with Gasteiger partial charge < -0.3 is 5.11 Å². The summed E-state index contributed by atoms with van der Waals surface area (Å²) in [5.41, 5.74) is 2.58. The Labute approximate surface area is 126 Å². The second kappa shape index (κ2) is 5.76. The summed E-state index contributed by atoms with van der Waals surface area (Å²) in [6.45, 7) is 1.90. The van der Waals surface area contributed by atoms with Crippen LogP contribution in [0.2, 0.25) is 0 Å². The molecule has 3 aromatic rings. The highest BCUT2D eigenvalue weighted by Gasteiger charge is 2.17. The van der Waals surface area contributed by atoms with Crippen molar-refractivity contribution in [1.82, 2.24) is 4.98 Å². The zero-order chi connectivity index (χ0) is 14.8. The van der Waals surface area contributed by atoms with E-state index in [0.717, 1.165) is 21.7 Å². The average Bonchev–Trinajstić information content (AvgIpc) is 2.90. The fraction of sp³-hybridized carbons (Fsp3) is 0.118. The van der Waals surface area contributed by atoms with Gasteiger partial charge in [0.05, 0.1) is 10.6 Å². The molecule has 2 nitrogen and oxygen atoms in total. The monoisotopic (exact) mass is 299 g/mol. The summed E-state index contributed by atoms with van der Waals surface area (Å²) < 4.78 is 13.0. The highest BCUT2D eigenvalue weighted by Crippen LogP contribution is 2.34. The summed E-state index contributed by atoms with van der Waals surface area (Å²) >= 11 is 1.44. The van der Waals surface area contributed by atoms with Gasteiger partial charge in [-0.2, -0.15) is 0 Å². The molecule has 0 saturated carbocycles. The van der Waals surface area contributed by atoms with Crippen LogP contribution in [0, 0.1) is 12.7 Å². The Hall–Kier alpha value is -2.04. The van der Waals surface area contributed by atoms with E-state index in [1.54, 1.807) is 12.1 Å². The van der Waals surface area contributed by atoms with E-state index in [4.69, 9.17) is 0 Å². The van der Waals surface area contributed by atoms with Crippen LogP contribution in [0.1, 0.15) is 22.4 Å². The molecule has 0 radical (unpaired) electrons. The molecule has 1 N–H and O–H groups in total. The predicted molar refractivity (Wildman–Crippen MR) is 82.7 cm³/mol. The molecule has 0 bridgehead atoms. The number of aromatic nitrogens is 1. The van der Waals surface area contributed by atoms with Crippen LogP contribution in [-0.2, 0) is 0 Å². The molecule has 0 aliphatic heterocycles. The summed E-state index contributed by atoms with van der Waals surface area (Å²) in [6.07, 6.45) is -0.732. The lowest BCUT2D eigenvalue weighted by molar-refractivity contribution is 0.219. The first kappa shape index (κ1) is 13.9. The van der Waals surface area contributed by atoms with Crippen LogP contribution in [0.15, 0.2) is 54.6 Å². The van der Waals surface area contributed by atoms with Crippen molar-refractivity contribution in [2.75, 3.05) is 0 Å². The number of thiazole rings is 1. The van der Waals surface area contributed by atoms with E-state index >= 15 is 0 Å². The first-order valence-corrected chi connectivity index (χ1v) is 7.43. The molecule has 0 spiro atoms. The van der Waals surface area contributed by atoms with Gasteiger partial charge in [-0.3, -0.25) is 0 Å². The second-order valence-corrected chi connectivity index (χ2v) is 5.82. The quantitative estimate of drug-likeness (QED) is 0.780. The van der Waals surface area contributed by atoms with Gasteiger partial charge in [-0.15, -0.1) is 11.3 Å². The van der Waals surface area contributed by atoms with Crippen LogP contribution < -0.4 is 0 Å². The summed E-state index contributed by atoms with van der Waals surface area (Å²) in [5, 5.41) is 11.1. The Morgan fingerprint density at radius 2 is 1.71 bits per heavy atom. The van der Waals surface area contributed by atoms with Crippen LogP contribution in [-0.4, -0.2) is 10.1 Å². The van der Waals surface area contributed by atoms with Gasteiger partial charge in [0.1, 0.15) is 16.9 Å². The lowest BCUT2D eigenvalue weighted by Gasteiger charge is -2.06. The number of nitrogens with zero attached hydrogens (tertiary/aromatic N) is 1. The molecule has 0 amide bonds. The van der Waals surface area contributed by atoms with E-state index in [-0.39, 0.29) is 5.82 Å². The Morgan fingerprint density at radius 3 is 2.38 bits per heavy atom. The van der Waals surface area contributed by atoms with Crippen molar-refractivity contribution in [3.05, 3.63) is 76.7 Å². The van der Waals surface area contributed by atoms with Crippen molar-refractivity contribution in [3.63, 3.8) is 0 Å². The lowest BCUT2D eigenvalue weighted by atomic mass is 10.1. The minimum atomic E-state index is -0.732. The van der Waals surface area contributed by atoms with Crippen LogP contribution in [0.3, 0.4) is 0 Å². The zero-order valence-electron chi connectivity index (χ0n) is 11.5. The topological polar surface area (TPSA) is 33.1 Å². The third-order valence-electron chi connectivity index (χ3n) is 3.27. The first-order chi connectivity index (χ1) is 10.1. The van der Waals surface area contributed by atoms with Crippen molar-refractivity contribution >= 4 is 11.3 Å². The van der Waals surface area contributed by atoms with E-state index in [1.165, 1.54) is 23.5 Å². The van der Waals surface area contributed by atoms with Crippen LogP contribution in [0.25, 0.3) is 10.4 Å². The number of benzene rings is 2. The summed E-state index contributed by atoms with van der Waals surface area (Å²) in [7, 11) is 0. The number of hydrogen-bond acceptors (Lipinski definition) is 3. The van der Waals surface area contributed by atoms with E-state index < -0.39 is 6.10 Å². The van der Waals surface area contributed by atoms with Crippen molar-refractivity contribution in [1.29, 1.82) is 0 Å². The van der Waals surface area contributed by atoms with Crippen molar-refractivity contribution in [2.24, 2.45) is 0 Å². The van der Waals surface area contributed by atoms with Gasteiger partial charge in [0.2, 0.25) is 0 Å². The predicted octanol–water partition coefficient (Wildman–Crippen LogP) is 4.34. The van der Waals surface area contributed by atoms with Crippen LogP contribution in [0.4, 0.5) is 4.39 Å². The van der Waals surface area contributed by atoms with Crippen LogP contribution in [0.5, 0.6) is 0 Å². The molecule has 0 saturated heterocycles. The van der Waals surface area contributed by atoms with Gasteiger partial charge in [0.25, 0.3) is 0 Å². The number of aliphatic hydroxyl groups excluding tert-OH is 1. The summed E-state index contributed by atoms with van der Waals surface area (Å²) in [5.74, 6) is -0.259. The Morgan fingerprint density at radius 1 is 1.05 bits per heavy atom. The largest absolute Gasteiger partial charge is 0.381 e. The maximum absolute atomic E-state index is 13.0. The molecule has 0 aliphatic rings. The number of aliphatic hydroxyl groups is 1. The van der Waals surface area contributed by atoms with E-state index in [9.17, 15) is 9.50 Å². The van der Waals surface area contributed by atoms with E-state index in [1.807, 2.05) is 37.3 Å². The molecule has 1 aromatic heterocycles. The smallest absolute Gasteiger partial charge is 0.131 e. The third-order valence-corrected chi connectivity index (χ3v) is 4.53. The van der Waals surface area contributed by atoms with Crippen molar-refractivity contribution in [2.45, 2.75) is 13.0 Å². The molecular formula is C17H14FNOS. The van der Waals surface area contributed by atoms with Gasteiger partial charge in [-0.25, -0.2) is 9.37 Å². The molecule has 2 aromatic carbocycles. The zero-order valence-corrected chi connectivity index (χ0v) is 12.3. The molecule has 3 rings (SSSR count). The molecule has 106 valence electrons. The normalized spacial score (nSPS) is 12.3. The fourth-order valence-electron chi connectivity index (χ4n) is 2.18. The van der Waals surface area contributed by atoms with Gasteiger partial charge in [0, 0.05) is 0 Å². The fourth-order valence-corrected chi connectivity index (χ4v) is 3.27. The SMILES string of the molecule is Cc1nc(C(O)c2ccccc2)sc1-c1ccc(F)cc1. The minimum absolute atomic E-state index is 0.259. The summed E-state index contributed by atoms with van der Waals surface area (Å²) in [6, 6.07) is 15.8. The molecule has 1 unspecified atom stereocenters. The second-order valence-electron chi connectivity index (χ2n) is 4.79. The summed E-state index contributed by atoms with van der Waals surface area (Å²) in [4.78, 5) is 5.42.